The van der Waals surface area contributed by atoms with Crippen molar-refractivity contribution >= 4 is 6.21 Å². The van der Waals surface area contributed by atoms with Crippen LogP contribution in [0.15, 0.2) is 28.9 Å². The van der Waals surface area contributed by atoms with Gasteiger partial charge in [0, 0.05) is 17.8 Å². The molecule has 1 nitrogen and oxygen atoms in total. The zero-order valence-corrected chi connectivity index (χ0v) is 6.83. The molecule has 0 saturated heterocycles. The molecule has 2 rings (SSSR count). The van der Waals surface area contributed by atoms with Gasteiger partial charge in [0.2, 0.25) is 0 Å². The second kappa shape index (κ2) is 2.65. The van der Waals surface area contributed by atoms with Crippen LogP contribution < -0.4 is 0 Å². The van der Waals surface area contributed by atoms with Gasteiger partial charge in [-0.2, -0.15) is 0 Å². The highest BCUT2D eigenvalue weighted by Crippen LogP contribution is 2.32. The minimum absolute atomic E-state index is 0.687. The number of allylic oxidation sites excluding steroid dienone is 4. The van der Waals surface area contributed by atoms with E-state index in [0.29, 0.717) is 11.8 Å². The summed E-state index contributed by atoms with van der Waals surface area (Å²) in [5.41, 5.74) is 1.28. The first-order chi connectivity index (χ1) is 5.38. The van der Waals surface area contributed by atoms with Crippen molar-refractivity contribution in [2.45, 2.75) is 19.8 Å². The molecule has 11 heavy (non-hydrogen) atoms. The number of hydrogen-bond acceptors (Lipinski definition) is 1. The minimum Gasteiger partial charge on any atom is -0.265 e. The molecule has 0 bridgehead atoms. The lowest BCUT2D eigenvalue weighted by Crippen LogP contribution is -2.17. The van der Waals surface area contributed by atoms with Gasteiger partial charge in [-0.25, -0.2) is 0 Å². The van der Waals surface area contributed by atoms with Gasteiger partial charge >= 0.3 is 0 Å². The molecule has 1 aliphatic carbocycles. The lowest BCUT2D eigenvalue weighted by atomic mass is 9.83. The summed E-state index contributed by atoms with van der Waals surface area (Å²) in [6.45, 7) is 2.27. The minimum atomic E-state index is 0.687. The molecule has 0 fully saturated rings. The van der Waals surface area contributed by atoms with Crippen LogP contribution in [-0.2, 0) is 0 Å². The summed E-state index contributed by atoms with van der Waals surface area (Å²) in [5, 5.41) is 0. The van der Waals surface area contributed by atoms with Gasteiger partial charge in [-0.05, 0) is 24.8 Å². The van der Waals surface area contributed by atoms with E-state index in [1.54, 1.807) is 0 Å². The third-order valence-electron chi connectivity index (χ3n) is 2.54. The standard InChI is InChI=1S/C10H13N/c1-8-4-2-6-10-9(8)5-3-7-11-10/h2,4,6-9H,3,5H2,1H3/t8-,9-/m1/s1. The maximum atomic E-state index is 4.39. The summed E-state index contributed by atoms with van der Waals surface area (Å²) in [6.07, 6.45) is 11.0. The molecule has 2 aliphatic rings. The van der Waals surface area contributed by atoms with Gasteiger partial charge in [0.25, 0.3) is 0 Å². The van der Waals surface area contributed by atoms with Crippen molar-refractivity contribution in [3.05, 3.63) is 23.9 Å². The summed E-state index contributed by atoms with van der Waals surface area (Å²) < 4.78 is 0. The summed E-state index contributed by atoms with van der Waals surface area (Å²) in [7, 11) is 0. The van der Waals surface area contributed by atoms with Crippen LogP contribution in [0, 0.1) is 11.8 Å². The van der Waals surface area contributed by atoms with Crippen LogP contribution >= 0.6 is 0 Å². The number of hydrogen-bond donors (Lipinski definition) is 0. The number of nitrogens with zero attached hydrogens (tertiary/aromatic N) is 1. The fourth-order valence-electron chi connectivity index (χ4n) is 1.83. The van der Waals surface area contributed by atoms with Gasteiger partial charge in [-0.1, -0.05) is 19.1 Å². The average Bonchev–Trinajstić information content (AvgIpc) is 2.06. The molecule has 0 saturated carbocycles. The molecule has 0 unspecified atom stereocenters. The quantitative estimate of drug-likeness (QED) is 0.499. The van der Waals surface area contributed by atoms with Gasteiger partial charge in [0.15, 0.2) is 0 Å². The Morgan fingerprint density at radius 3 is 3.27 bits per heavy atom. The van der Waals surface area contributed by atoms with Crippen LogP contribution in [0.2, 0.25) is 0 Å². The van der Waals surface area contributed by atoms with Crippen molar-refractivity contribution in [1.29, 1.82) is 0 Å². The Morgan fingerprint density at radius 2 is 2.45 bits per heavy atom. The Labute approximate surface area is 67.5 Å². The van der Waals surface area contributed by atoms with E-state index in [0.717, 1.165) is 6.42 Å². The Kier molecular flexibility index (Phi) is 1.65. The SMILES string of the molecule is C[C@@H]1C=CC=C2N=CCC[C@@H]21. The molecule has 0 spiro atoms. The van der Waals surface area contributed by atoms with Crippen LogP contribution in [0.5, 0.6) is 0 Å². The molecular formula is C10H13N. The van der Waals surface area contributed by atoms with Gasteiger partial charge in [0.05, 0.1) is 0 Å². The fourth-order valence-corrected chi connectivity index (χ4v) is 1.83. The zero-order valence-electron chi connectivity index (χ0n) is 6.83. The predicted molar refractivity (Wildman–Crippen MR) is 47.6 cm³/mol. The van der Waals surface area contributed by atoms with Crippen LogP contribution in [-0.4, -0.2) is 6.21 Å². The fraction of sp³-hybridized carbons (Fsp3) is 0.500. The maximum absolute atomic E-state index is 4.39. The van der Waals surface area contributed by atoms with E-state index in [9.17, 15) is 0 Å². The maximum Gasteiger partial charge on any atom is 0.0436 e. The topological polar surface area (TPSA) is 12.4 Å². The van der Waals surface area contributed by atoms with E-state index in [1.165, 1.54) is 12.1 Å². The highest BCUT2D eigenvalue weighted by Gasteiger charge is 2.22. The lowest BCUT2D eigenvalue weighted by molar-refractivity contribution is 0.444. The molecule has 0 aromatic heterocycles. The van der Waals surface area contributed by atoms with Crippen molar-refractivity contribution in [3.63, 3.8) is 0 Å². The van der Waals surface area contributed by atoms with E-state index < -0.39 is 0 Å². The Hall–Kier alpha value is -0.850. The molecule has 0 amide bonds. The Bertz CT molecular complexity index is 235. The highest BCUT2D eigenvalue weighted by atomic mass is 14.8. The van der Waals surface area contributed by atoms with Crippen molar-refractivity contribution in [2.24, 2.45) is 16.8 Å². The molecule has 0 N–H and O–H groups in total. The first-order valence-corrected chi connectivity index (χ1v) is 4.29. The highest BCUT2D eigenvalue weighted by molar-refractivity contribution is 5.61. The number of fused-ring (bicyclic) bond motifs is 1. The molecule has 2 atom stereocenters. The third kappa shape index (κ3) is 1.15. The van der Waals surface area contributed by atoms with Crippen LogP contribution in [0.3, 0.4) is 0 Å². The van der Waals surface area contributed by atoms with Gasteiger partial charge in [-0.3, -0.25) is 4.99 Å². The second-order valence-corrected chi connectivity index (χ2v) is 3.33. The van der Waals surface area contributed by atoms with E-state index >= 15 is 0 Å². The monoisotopic (exact) mass is 147 g/mol. The Balaban J connectivity index is 2.29. The first-order valence-electron chi connectivity index (χ1n) is 4.29. The molecule has 1 heterocycles. The van der Waals surface area contributed by atoms with Gasteiger partial charge in [0.1, 0.15) is 0 Å². The van der Waals surface area contributed by atoms with E-state index in [-0.39, 0.29) is 0 Å². The van der Waals surface area contributed by atoms with Crippen molar-refractivity contribution < 1.29 is 0 Å². The van der Waals surface area contributed by atoms with Crippen LogP contribution in [0.1, 0.15) is 19.8 Å². The molecular weight excluding hydrogens is 134 g/mol. The van der Waals surface area contributed by atoms with Crippen LogP contribution in [0.4, 0.5) is 0 Å². The molecule has 0 radical (unpaired) electrons. The van der Waals surface area contributed by atoms with E-state index in [4.69, 9.17) is 0 Å². The summed E-state index contributed by atoms with van der Waals surface area (Å²) >= 11 is 0. The third-order valence-corrected chi connectivity index (χ3v) is 2.54. The molecule has 0 aromatic carbocycles. The molecule has 1 heteroatoms. The van der Waals surface area contributed by atoms with Crippen molar-refractivity contribution in [2.75, 3.05) is 0 Å². The average molecular weight is 147 g/mol. The van der Waals surface area contributed by atoms with Crippen molar-refractivity contribution in [1.82, 2.24) is 0 Å². The van der Waals surface area contributed by atoms with Gasteiger partial charge < -0.3 is 0 Å². The number of aliphatic imine (C=N–C) groups is 1. The van der Waals surface area contributed by atoms with Gasteiger partial charge in [-0.15, -0.1) is 0 Å². The van der Waals surface area contributed by atoms with Crippen LogP contribution in [0.25, 0.3) is 0 Å². The lowest BCUT2D eigenvalue weighted by Gasteiger charge is -2.26. The summed E-state index contributed by atoms with van der Waals surface area (Å²) in [6, 6.07) is 0. The first kappa shape index (κ1) is 6.84. The van der Waals surface area contributed by atoms with Crippen molar-refractivity contribution in [3.8, 4) is 0 Å². The molecule has 58 valence electrons. The second-order valence-electron chi connectivity index (χ2n) is 3.33. The predicted octanol–water partition coefficient (Wildman–Crippen LogP) is 2.56. The van der Waals surface area contributed by atoms with E-state index in [2.05, 4.69) is 30.1 Å². The largest absolute Gasteiger partial charge is 0.265 e. The molecule has 0 aromatic rings. The number of rotatable bonds is 0. The molecule has 1 aliphatic heterocycles. The summed E-state index contributed by atoms with van der Waals surface area (Å²) in [5.74, 6) is 1.39. The smallest absolute Gasteiger partial charge is 0.0436 e. The normalized spacial score (nSPS) is 34.8. The summed E-state index contributed by atoms with van der Waals surface area (Å²) in [4.78, 5) is 4.39. The zero-order chi connectivity index (χ0) is 7.68. The Morgan fingerprint density at radius 1 is 1.55 bits per heavy atom. The van der Waals surface area contributed by atoms with E-state index in [1.807, 2.05) is 6.21 Å².